The second-order valence-electron chi connectivity index (χ2n) is 6.10. The Hall–Kier alpha value is -1.99. The van der Waals surface area contributed by atoms with E-state index in [0.29, 0.717) is 18.4 Å². The Kier molecular flexibility index (Phi) is 4.31. The first-order chi connectivity index (χ1) is 11.3. The molecule has 0 saturated heterocycles. The van der Waals surface area contributed by atoms with Crippen molar-refractivity contribution < 1.29 is 13.5 Å². The van der Waals surface area contributed by atoms with Crippen LogP contribution in [0.4, 0.5) is 0 Å². The van der Waals surface area contributed by atoms with Gasteiger partial charge in [0.1, 0.15) is 12.0 Å². The molecule has 0 bridgehead atoms. The summed E-state index contributed by atoms with van der Waals surface area (Å²) < 4.78 is 26.3. The second-order valence-corrected chi connectivity index (χ2v) is 7.48. The van der Waals surface area contributed by atoms with Crippen LogP contribution in [0.5, 0.6) is 0 Å². The highest BCUT2D eigenvalue weighted by atomic mass is 32.2. The minimum Gasteiger partial charge on any atom is -0.393 e. The van der Waals surface area contributed by atoms with E-state index in [-0.39, 0.29) is 18.5 Å². The molecule has 3 rings (SSSR count). The normalized spacial score (nSPS) is 24.3. The number of terminal acetylenes is 1. The van der Waals surface area contributed by atoms with Gasteiger partial charge in [-0.15, -0.1) is 6.42 Å². The summed E-state index contributed by atoms with van der Waals surface area (Å²) in [5, 5.41) is 16.0. The van der Waals surface area contributed by atoms with E-state index < -0.39 is 16.3 Å². The van der Waals surface area contributed by atoms with Gasteiger partial charge in [0, 0.05) is 24.7 Å². The number of nitrogens with one attached hydrogen (secondary N) is 1. The smallest absolute Gasteiger partial charge is 0.274 e. The Labute approximate surface area is 140 Å². The maximum absolute atomic E-state index is 11.0. The largest absolute Gasteiger partial charge is 0.393 e. The van der Waals surface area contributed by atoms with E-state index in [4.69, 9.17) is 11.6 Å². The lowest BCUT2D eigenvalue weighted by atomic mass is 10.1. The lowest BCUT2D eigenvalue weighted by molar-refractivity contribution is 0.133. The number of aryl methyl sites for hydroxylation is 1. The third kappa shape index (κ3) is 3.14. The number of aliphatic hydroxyl groups excluding tert-OH is 1. The Bertz CT molecular complexity index is 915. The van der Waals surface area contributed by atoms with Crippen LogP contribution in [0.3, 0.4) is 0 Å². The van der Waals surface area contributed by atoms with Crippen molar-refractivity contribution in [2.45, 2.75) is 31.9 Å². The number of fused-ring (bicyclic) bond motifs is 1. The van der Waals surface area contributed by atoms with Crippen LogP contribution in [0.15, 0.2) is 12.5 Å². The predicted molar refractivity (Wildman–Crippen MR) is 89.1 cm³/mol. The van der Waals surface area contributed by atoms with Gasteiger partial charge >= 0.3 is 0 Å². The number of aromatic nitrogens is 3. The van der Waals surface area contributed by atoms with E-state index >= 15 is 0 Å². The maximum atomic E-state index is 11.0. The van der Waals surface area contributed by atoms with Crippen molar-refractivity contribution >= 4 is 21.2 Å². The van der Waals surface area contributed by atoms with Crippen LogP contribution in [0.2, 0.25) is 0 Å². The zero-order valence-corrected chi connectivity index (χ0v) is 14.0. The van der Waals surface area contributed by atoms with Gasteiger partial charge in [-0.25, -0.2) is 19.8 Å². The first-order valence-corrected chi connectivity index (χ1v) is 9.09. The summed E-state index contributed by atoms with van der Waals surface area (Å²) in [4.78, 5) is 8.52. The lowest BCUT2D eigenvalue weighted by Gasteiger charge is -2.14. The van der Waals surface area contributed by atoms with E-state index in [9.17, 15) is 13.5 Å². The van der Waals surface area contributed by atoms with Crippen molar-refractivity contribution in [3.63, 3.8) is 0 Å². The highest BCUT2D eigenvalue weighted by Gasteiger charge is 2.35. The molecule has 1 saturated carbocycles. The molecular formula is C15H19N5O3S. The van der Waals surface area contributed by atoms with Gasteiger partial charge in [-0.3, -0.25) is 0 Å². The quantitative estimate of drug-likeness (QED) is 0.661. The molecule has 0 amide bonds. The predicted octanol–water partition coefficient (Wildman–Crippen LogP) is -0.174. The van der Waals surface area contributed by atoms with Gasteiger partial charge in [-0.05, 0) is 19.8 Å². The topological polar surface area (TPSA) is 123 Å². The molecule has 2 aromatic heterocycles. The number of nitrogens with two attached hydrogens (primary N) is 1. The molecule has 0 aliphatic heterocycles. The molecular weight excluding hydrogens is 330 g/mol. The summed E-state index contributed by atoms with van der Waals surface area (Å²) in [6.07, 6.45) is 9.39. The molecule has 1 aliphatic rings. The van der Waals surface area contributed by atoms with Crippen LogP contribution in [0, 0.1) is 25.2 Å². The Morgan fingerprint density at radius 3 is 2.92 bits per heavy atom. The fraction of sp³-hybridized carbons (Fsp3) is 0.467. The second kappa shape index (κ2) is 6.14. The van der Waals surface area contributed by atoms with E-state index in [0.717, 1.165) is 16.7 Å². The van der Waals surface area contributed by atoms with Crippen molar-refractivity contribution in [1.29, 1.82) is 0 Å². The molecule has 128 valence electrons. The number of nitrogens with zero attached hydrogens (tertiary/aromatic N) is 3. The molecule has 9 heteroatoms. The van der Waals surface area contributed by atoms with Crippen molar-refractivity contribution in [2.75, 3.05) is 6.54 Å². The van der Waals surface area contributed by atoms with Gasteiger partial charge in [-0.1, -0.05) is 5.92 Å². The van der Waals surface area contributed by atoms with Crippen LogP contribution in [0.1, 0.15) is 30.1 Å². The van der Waals surface area contributed by atoms with E-state index in [1.807, 2.05) is 17.7 Å². The average Bonchev–Trinajstić information content (AvgIpc) is 3.06. The molecule has 1 fully saturated rings. The summed E-state index contributed by atoms with van der Waals surface area (Å²) in [7, 11) is -3.77. The van der Waals surface area contributed by atoms with Crippen LogP contribution < -0.4 is 9.86 Å². The molecule has 0 spiro atoms. The van der Waals surface area contributed by atoms with Gasteiger partial charge < -0.3 is 9.67 Å². The van der Waals surface area contributed by atoms with Gasteiger partial charge in [0.25, 0.3) is 10.2 Å². The minimum absolute atomic E-state index is 0.0221. The first kappa shape index (κ1) is 16.9. The fourth-order valence-corrected chi connectivity index (χ4v) is 3.81. The Morgan fingerprint density at radius 2 is 2.25 bits per heavy atom. The monoisotopic (exact) mass is 349 g/mol. The van der Waals surface area contributed by atoms with Gasteiger partial charge in [0.2, 0.25) is 0 Å². The zero-order valence-electron chi connectivity index (χ0n) is 13.2. The highest BCUT2D eigenvalue weighted by Crippen LogP contribution is 2.37. The average molecular weight is 349 g/mol. The lowest BCUT2D eigenvalue weighted by Crippen LogP contribution is -2.36. The first-order valence-electron chi connectivity index (χ1n) is 7.54. The van der Waals surface area contributed by atoms with E-state index in [1.54, 1.807) is 0 Å². The molecule has 24 heavy (non-hydrogen) atoms. The van der Waals surface area contributed by atoms with Crippen LogP contribution >= 0.6 is 0 Å². The standard InChI is InChI=1S/C15H19N5O3S/c1-3-10-7-20(15-14(10)9(2)17-8-18-15)12-4-11(13(21)5-12)6-19-24(16,22)23/h1,7-8,11-13,19,21H,4-6H2,2H3,(H2,16,22,23)/t11-,12+,13-/m0/s1. The van der Waals surface area contributed by atoms with Crippen LogP contribution in [0.25, 0.3) is 11.0 Å². The van der Waals surface area contributed by atoms with Crippen molar-refractivity contribution in [3.05, 3.63) is 23.8 Å². The van der Waals surface area contributed by atoms with Gasteiger partial charge in [0.05, 0.1) is 22.7 Å². The molecule has 3 atom stereocenters. The third-order valence-electron chi connectivity index (χ3n) is 4.53. The Morgan fingerprint density at radius 1 is 1.50 bits per heavy atom. The summed E-state index contributed by atoms with van der Waals surface area (Å²) in [5.74, 6) is 2.43. The summed E-state index contributed by atoms with van der Waals surface area (Å²) in [6, 6.07) is -0.0221. The number of hydrogen-bond acceptors (Lipinski definition) is 5. The SMILES string of the molecule is C#Cc1cn([C@@H]2C[C@@H](CNS(N)(=O)=O)[C@@H](O)C2)c2ncnc(C)c12. The van der Waals surface area contributed by atoms with Crippen molar-refractivity contribution in [1.82, 2.24) is 19.3 Å². The molecule has 8 nitrogen and oxygen atoms in total. The molecule has 0 radical (unpaired) electrons. The Balaban J connectivity index is 1.90. The molecule has 4 N–H and O–H groups in total. The van der Waals surface area contributed by atoms with Crippen LogP contribution in [-0.2, 0) is 10.2 Å². The summed E-state index contributed by atoms with van der Waals surface area (Å²) in [6.45, 7) is 1.98. The maximum Gasteiger partial charge on any atom is 0.274 e. The molecule has 1 aliphatic carbocycles. The van der Waals surface area contributed by atoms with E-state index in [2.05, 4.69) is 20.6 Å². The molecule has 0 aromatic carbocycles. The van der Waals surface area contributed by atoms with E-state index in [1.165, 1.54) is 6.33 Å². The molecule has 2 heterocycles. The van der Waals surface area contributed by atoms with Crippen LogP contribution in [-0.4, -0.2) is 40.7 Å². The third-order valence-corrected chi connectivity index (χ3v) is 5.10. The minimum atomic E-state index is -3.77. The fourth-order valence-electron chi connectivity index (χ4n) is 3.37. The van der Waals surface area contributed by atoms with Crippen molar-refractivity contribution in [3.8, 4) is 12.3 Å². The number of hydrogen-bond donors (Lipinski definition) is 3. The number of aliphatic hydroxyl groups is 1. The highest BCUT2D eigenvalue weighted by molar-refractivity contribution is 7.87. The van der Waals surface area contributed by atoms with Gasteiger partial charge in [0.15, 0.2) is 0 Å². The summed E-state index contributed by atoms with van der Waals surface area (Å²) >= 11 is 0. The zero-order chi connectivity index (χ0) is 17.5. The summed E-state index contributed by atoms with van der Waals surface area (Å²) in [5.41, 5.74) is 2.24. The van der Waals surface area contributed by atoms with Crippen molar-refractivity contribution in [2.24, 2.45) is 11.1 Å². The molecule has 0 unspecified atom stereocenters. The van der Waals surface area contributed by atoms with Gasteiger partial charge in [-0.2, -0.15) is 8.42 Å². The molecule has 2 aromatic rings. The number of rotatable bonds is 4.